The molecule has 3 aromatic rings. The highest BCUT2D eigenvalue weighted by atomic mass is 16.5. The number of rotatable bonds is 8. The number of aryl methyl sites for hydroxylation is 2. The van der Waals surface area contributed by atoms with E-state index in [1.807, 2.05) is 0 Å². The van der Waals surface area contributed by atoms with E-state index in [2.05, 4.69) is 62.2 Å². The third-order valence-corrected chi connectivity index (χ3v) is 5.68. The number of para-hydroxylation sites is 1. The summed E-state index contributed by atoms with van der Waals surface area (Å²) in [6.07, 6.45) is 4.31. The van der Waals surface area contributed by atoms with Crippen molar-refractivity contribution in [3.8, 4) is 17.0 Å². The molecule has 1 heterocycles. The highest BCUT2D eigenvalue weighted by Crippen LogP contribution is 2.39. The van der Waals surface area contributed by atoms with Gasteiger partial charge in [-0.3, -0.25) is 0 Å². The van der Waals surface area contributed by atoms with Crippen LogP contribution in [0.5, 0.6) is 5.75 Å². The van der Waals surface area contributed by atoms with Crippen LogP contribution in [0, 0.1) is 6.92 Å². The molecule has 144 valence electrons. The lowest BCUT2D eigenvalue weighted by molar-refractivity contribution is 0.413. The van der Waals surface area contributed by atoms with Crippen LogP contribution in [0.25, 0.3) is 22.2 Å². The van der Waals surface area contributed by atoms with Crippen LogP contribution in [0.1, 0.15) is 55.7 Å². The summed E-state index contributed by atoms with van der Waals surface area (Å²) in [5.74, 6) is 1.52. The molecule has 0 aliphatic carbocycles. The minimum absolute atomic E-state index is 0.568. The second-order valence-corrected chi connectivity index (χ2v) is 7.49. The number of aromatic nitrogens is 1. The summed E-state index contributed by atoms with van der Waals surface area (Å²) in [5, 5.41) is 1.34. The number of H-pyrrole nitrogens is 1. The molecular formula is C24H32N2O. The Labute approximate surface area is 162 Å². The van der Waals surface area contributed by atoms with Crippen molar-refractivity contribution in [2.45, 2.75) is 52.4 Å². The summed E-state index contributed by atoms with van der Waals surface area (Å²) in [5.41, 5.74) is 13.2. The van der Waals surface area contributed by atoms with Gasteiger partial charge in [-0.1, -0.05) is 32.0 Å². The number of methoxy groups -OCH3 is 1. The first-order valence-electron chi connectivity index (χ1n) is 10.1. The maximum Gasteiger partial charge on any atom is 0.131 e. The molecule has 1 aromatic heterocycles. The fraction of sp³-hybridized carbons (Fsp3) is 0.417. The standard InChI is InChI=1S/C24H32N2O/c1-5-16(2)18-12-13-22-21(15-18)19(10-6-7-14-25)23(26-22)20-11-8-9-17(3)24(20)27-4/h8-9,11-13,15-16,26H,5-7,10,14,25H2,1-4H3. The Bertz CT molecular complexity index is 910. The average Bonchev–Trinajstić information content (AvgIpc) is 3.05. The molecule has 0 aliphatic heterocycles. The van der Waals surface area contributed by atoms with Gasteiger partial charge in [0.1, 0.15) is 5.75 Å². The summed E-state index contributed by atoms with van der Waals surface area (Å²) in [6.45, 7) is 7.38. The van der Waals surface area contributed by atoms with Gasteiger partial charge in [0.15, 0.2) is 0 Å². The number of nitrogens with one attached hydrogen (secondary N) is 1. The van der Waals surface area contributed by atoms with Crippen molar-refractivity contribution < 1.29 is 4.74 Å². The van der Waals surface area contributed by atoms with Crippen LogP contribution in [0.2, 0.25) is 0 Å². The van der Waals surface area contributed by atoms with Crippen molar-refractivity contribution in [1.29, 1.82) is 0 Å². The van der Waals surface area contributed by atoms with Crippen LogP contribution in [-0.2, 0) is 6.42 Å². The lowest BCUT2D eigenvalue weighted by Gasteiger charge is -2.12. The minimum atomic E-state index is 0.568. The predicted octanol–water partition coefficient (Wildman–Crippen LogP) is 5.95. The third-order valence-electron chi connectivity index (χ3n) is 5.68. The SMILES string of the molecule is CCC(C)c1ccc2[nH]c(-c3cccc(C)c3OC)c(CCCCN)c2c1. The number of nitrogens with two attached hydrogens (primary N) is 1. The monoisotopic (exact) mass is 364 g/mol. The van der Waals surface area contributed by atoms with Gasteiger partial charge in [0.2, 0.25) is 0 Å². The van der Waals surface area contributed by atoms with Crippen LogP contribution < -0.4 is 10.5 Å². The zero-order valence-corrected chi connectivity index (χ0v) is 17.1. The third kappa shape index (κ3) is 3.89. The van der Waals surface area contributed by atoms with Crippen LogP contribution >= 0.6 is 0 Å². The lowest BCUT2D eigenvalue weighted by atomic mass is 9.94. The molecule has 27 heavy (non-hydrogen) atoms. The Morgan fingerprint density at radius 2 is 1.96 bits per heavy atom. The Morgan fingerprint density at radius 3 is 2.67 bits per heavy atom. The number of ether oxygens (including phenoxy) is 1. The van der Waals surface area contributed by atoms with Crippen molar-refractivity contribution in [3.05, 3.63) is 53.1 Å². The molecule has 0 aliphatic rings. The fourth-order valence-corrected chi connectivity index (χ4v) is 3.86. The summed E-state index contributed by atoms with van der Waals surface area (Å²) in [6, 6.07) is 13.2. The molecule has 1 atom stereocenters. The van der Waals surface area contributed by atoms with Crippen molar-refractivity contribution in [2.24, 2.45) is 5.73 Å². The van der Waals surface area contributed by atoms with Gasteiger partial charge in [0.25, 0.3) is 0 Å². The molecule has 0 spiro atoms. The average molecular weight is 365 g/mol. The van der Waals surface area contributed by atoms with Gasteiger partial charge in [-0.25, -0.2) is 0 Å². The predicted molar refractivity (Wildman–Crippen MR) is 116 cm³/mol. The Hall–Kier alpha value is -2.26. The first kappa shape index (κ1) is 19.5. The van der Waals surface area contributed by atoms with E-state index in [-0.39, 0.29) is 0 Å². The van der Waals surface area contributed by atoms with Gasteiger partial charge in [0.05, 0.1) is 12.8 Å². The first-order valence-corrected chi connectivity index (χ1v) is 10.1. The van der Waals surface area contributed by atoms with Gasteiger partial charge in [-0.2, -0.15) is 0 Å². The number of fused-ring (bicyclic) bond motifs is 1. The molecule has 1 unspecified atom stereocenters. The molecule has 0 radical (unpaired) electrons. The molecular weight excluding hydrogens is 332 g/mol. The molecule has 0 fully saturated rings. The van der Waals surface area contributed by atoms with E-state index in [1.165, 1.54) is 27.7 Å². The smallest absolute Gasteiger partial charge is 0.131 e. The normalized spacial score (nSPS) is 12.5. The van der Waals surface area contributed by atoms with Crippen molar-refractivity contribution in [3.63, 3.8) is 0 Å². The number of benzene rings is 2. The van der Waals surface area contributed by atoms with Gasteiger partial charge in [0, 0.05) is 16.5 Å². The first-order chi connectivity index (χ1) is 13.1. The van der Waals surface area contributed by atoms with E-state index in [0.29, 0.717) is 5.92 Å². The van der Waals surface area contributed by atoms with Crippen LogP contribution in [0.4, 0.5) is 0 Å². The molecule has 2 aromatic carbocycles. The lowest BCUT2D eigenvalue weighted by Crippen LogP contribution is -2.00. The summed E-state index contributed by atoms with van der Waals surface area (Å²) in [7, 11) is 1.75. The number of unbranched alkanes of at least 4 members (excludes halogenated alkanes) is 1. The molecule has 0 bridgehead atoms. The Kier molecular flexibility index (Phi) is 6.22. The van der Waals surface area contributed by atoms with E-state index in [0.717, 1.165) is 49.1 Å². The number of hydrogen-bond acceptors (Lipinski definition) is 2. The van der Waals surface area contributed by atoms with Crippen molar-refractivity contribution in [2.75, 3.05) is 13.7 Å². The van der Waals surface area contributed by atoms with Crippen LogP contribution in [-0.4, -0.2) is 18.6 Å². The Balaban J connectivity index is 2.19. The zero-order chi connectivity index (χ0) is 19.4. The fourth-order valence-electron chi connectivity index (χ4n) is 3.86. The van der Waals surface area contributed by atoms with E-state index in [1.54, 1.807) is 7.11 Å². The van der Waals surface area contributed by atoms with Gasteiger partial charge < -0.3 is 15.5 Å². The quantitative estimate of drug-likeness (QED) is 0.485. The maximum absolute atomic E-state index is 5.75. The highest BCUT2D eigenvalue weighted by Gasteiger charge is 2.18. The summed E-state index contributed by atoms with van der Waals surface area (Å²) < 4.78 is 5.75. The van der Waals surface area contributed by atoms with Crippen molar-refractivity contribution in [1.82, 2.24) is 4.98 Å². The van der Waals surface area contributed by atoms with E-state index >= 15 is 0 Å². The number of hydrogen-bond donors (Lipinski definition) is 2. The van der Waals surface area contributed by atoms with Crippen LogP contribution in [0.15, 0.2) is 36.4 Å². The molecule has 0 amide bonds. The topological polar surface area (TPSA) is 51.0 Å². The molecule has 3 N–H and O–H groups in total. The molecule has 3 rings (SSSR count). The molecule has 3 heteroatoms. The van der Waals surface area contributed by atoms with Crippen molar-refractivity contribution >= 4 is 10.9 Å². The molecule has 0 saturated heterocycles. The largest absolute Gasteiger partial charge is 0.496 e. The summed E-state index contributed by atoms with van der Waals surface area (Å²) >= 11 is 0. The van der Waals surface area contributed by atoms with E-state index < -0.39 is 0 Å². The molecule has 0 saturated carbocycles. The molecule has 3 nitrogen and oxygen atoms in total. The zero-order valence-electron chi connectivity index (χ0n) is 17.1. The highest BCUT2D eigenvalue weighted by molar-refractivity contribution is 5.92. The van der Waals surface area contributed by atoms with E-state index in [9.17, 15) is 0 Å². The second-order valence-electron chi connectivity index (χ2n) is 7.49. The minimum Gasteiger partial charge on any atom is -0.496 e. The van der Waals surface area contributed by atoms with Gasteiger partial charge in [-0.05, 0) is 80.0 Å². The second kappa shape index (κ2) is 8.62. The van der Waals surface area contributed by atoms with Crippen LogP contribution in [0.3, 0.4) is 0 Å². The Morgan fingerprint density at radius 1 is 1.15 bits per heavy atom. The van der Waals surface area contributed by atoms with E-state index in [4.69, 9.17) is 10.5 Å². The van der Waals surface area contributed by atoms with Gasteiger partial charge >= 0.3 is 0 Å². The summed E-state index contributed by atoms with van der Waals surface area (Å²) in [4.78, 5) is 3.68. The van der Waals surface area contributed by atoms with Gasteiger partial charge in [-0.15, -0.1) is 0 Å². The maximum atomic E-state index is 5.75. The number of aromatic amines is 1.